The number of hydrogen-bond acceptors (Lipinski definition) is 5. The van der Waals surface area contributed by atoms with Gasteiger partial charge in [-0.2, -0.15) is 0 Å². The van der Waals surface area contributed by atoms with Crippen molar-refractivity contribution >= 4 is 22.0 Å². The Balaban J connectivity index is 1.75. The van der Waals surface area contributed by atoms with Gasteiger partial charge in [0, 0.05) is 17.8 Å². The van der Waals surface area contributed by atoms with E-state index in [1.54, 1.807) is 19.1 Å². The number of nitrogens with one attached hydrogen (secondary N) is 2. The number of aromatic nitrogens is 1. The first-order valence-corrected chi connectivity index (χ1v) is 13.2. The third kappa shape index (κ3) is 6.46. The number of halogens is 3. The normalized spacial score (nSPS) is 12.0. The summed E-state index contributed by atoms with van der Waals surface area (Å²) in [5.41, 5.74) is 0.518. The van der Waals surface area contributed by atoms with Gasteiger partial charge in [0.2, 0.25) is 0 Å². The second-order valence-electron chi connectivity index (χ2n) is 8.81. The summed E-state index contributed by atoms with van der Waals surface area (Å²) in [7, 11) is -4.30. The van der Waals surface area contributed by atoms with E-state index in [2.05, 4.69) is 10.3 Å². The lowest BCUT2D eigenvalue weighted by molar-refractivity contribution is 0.0692. The third-order valence-electron chi connectivity index (χ3n) is 5.95. The lowest BCUT2D eigenvalue weighted by Crippen LogP contribution is -2.42. The number of hydrogen-bond donors (Lipinski definition) is 3. The molecule has 0 fully saturated rings. The molecule has 8 nitrogen and oxygen atoms in total. The van der Waals surface area contributed by atoms with Gasteiger partial charge in [0.05, 0.1) is 22.2 Å². The number of rotatable bonds is 8. The van der Waals surface area contributed by atoms with Gasteiger partial charge in [0.1, 0.15) is 17.5 Å². The molecule has 3 N–H and O–H groups in total. The molecule has 1 heterocycles. The molecule has 2 amide bonds. The van der Waals surface area contributed by atoms with Crippen LogP contribution in [0.5, 0.6) is 0 Å². The van der Waals surface area contributed by atoms with E-state index in [9.17, 15) is 36.3 Å². The summed E-state index contributed by atoms with van der Waals surface area (Å²) >= 11 is 0. The van der Waals surface area contributed by atoms with Gasteiger partial charge in [-0.05, 0) is 66.4 Å². The first-order valence-electron chi connectivity index (χ1n) is 11.8. The molecule has 0 aliphatic heterocycles. The Hall–Kier alpha value is -4.71. The van der Waals surface area contributed by atoms with Crippen molar-refractivity contribution in [2.45, 2.75) is 24.3 Å². The highest BCUT2D eigenvalue weighted by Crippen LogP contribution is 2.30. The zero-order valence-corrected chi connectivity index (χ0v) is 21.7. The Bertz CT molecular complexity index is 1690. The summed E-state index contributed by atoms with van der Waals surface area (Å²) in [5.74, 6) is -4.21. The quantitative estimate of drug-likeness (QED) is 0.270. The molecule has 12 heteroatoms. The van der Waals surface area contributed by atoms with Gasteiger partial charge >= 0.3 is 12.0 Å². The lowest BCUT2D eigenvalue weighted by Gasteiger charge is -2.22. The van der Waals surface area contributed by atoms with E-state index >= 15 is 0 Å². The maximum Gasteiger partial charge on any atom is 0.338 e. The third-order valence-corrected chi connectivity index (χ3v) is 7.45. The van der Waals surface area contributed by atoms with Crippen LogP contribution < -0.4 is 10.0 Å². The first kappa shape index (κ1) is 28.3. The summed E-state index contributed by atoms with van der Waals surface area (Å²) in [4.78, 5) is 28.7. The molecule has 0 aliphatic rings. The van der Waals surface area contributed by atoms with Crippen LogP contribution in [0.3, 0.4) is 0 Å². The molecule has 0 spiro atoms. The van der Waals surface area contributed by atoms with Crippen molar-refractivity contribution in [1.82, 2.24) is 15.0 Å². The van der Waals surface area contributed by atoms with Gasteiger partial charge in [-0.15, -0.1) is 0 Å². The fraction of sp³-hybridized carbons (Fsp3) is 0.107. The van der Waals surface area contributed by atoms with E-state index in [4.69, 9.17) is 0 Å². The maximum absolute atomic E-state index is 14.1. The van der Waals surface area contributed by atoms with Gasteiger partial charge in [0.15, 0.2) is 0 Å². The van der Waals surface area contributed by atoms with Gasteiger partial charge < -0.3 is 10.4 Å². The number of aryl methyl sites for hydroxylation is 1. The number of carboxylic acid groups (broad SMARTS) is 1. The van der Waals surface area contributed by atoms with Crippen molar-refractivity contribution < 1.29 is 36.3 Å². The number of pyridine rings is 1. The van der Waals surface area contributed by atoms with Crippen LogP contribution in [0, 0.1) is 24.4 Å². The molecule has 4 rings (SSSR count). The van der Waals surface area contributed by atoms with Crippen molar-refractivity contribution in [3.63, 3.8) is 0 Å². The van der Waals surface area contributed by atoms with E-state index in [1.807, 2.05) is 4.72 Å². The molecule has 0 bridgehead atoms. The Morgan fingerprint density at radius 1 is 0.950 bits per heavy atom. The van der Waals surface area contributed by atoms with Gasteiger partial charge in [-0.1, -0.05) is 30.3 Å². The van der Waals surface area contributed by atoms with Crippen molar-refractivity contribution in [2.75, 3.05) is 0 Å². The molecule has 40 heavy (non-hydrogen) atoms. The molecule has 0 saturated carbocycles. The van der Waals surface area contributed by atoms with Crippen LogP contribution in [-0.4, -0.2) is 30.5 Å². The van der Waals surface area contributed by atoms with Crippen LogP contribution in [0.2, 0.25) is 0 Å². The van der Waals surface area contributed by atoms with Crippen molar-refractivity contribution in [1.29, 1.82) is 0 Å². The predicted molar refractivity (Wildman–Crippen MR) is 139 cm³/mol. The summed E-state index contributed by atoms with van der Waals surface area (Å²) in [6, 6.07) is 12.9. The average Bonchev–Trinajstić information content (AvgIpc) is 2.87. The summed E-state index contributed by atoms with van der Waals surface area (Å²) in [5, 5.41) is 11.9. The lowest BCUT2D eigenvalue weighted by atomic mass is 9.94. The number of sulfonamides is 1. The molecule has 0 radical (unpaired) electrons. The zero-order valence-electron chi connectivity index (χ0n) is 20.9. The van der Waals surface area contributed by atoms with Gasteiger partial charge in [-0.3, -0.25) is 4.98 Å². The SMILES string of the molecule is Cc1ccccc1S(=O)(=O)NC(=O)NC(Cc1cc(F)cc(F)c1)c1ncccc1-c1ccc(F)c(C(=O)O)c1. The number of aromatic carboxylic acids is 1. The number of carboxylic acids is 1. The van der Waals surface area contributed by atoms with Crippen LogP contribution in [0.25, 0.3) is 11.1 Å². The van der Waals surface area contributed by atoms with E-state index in [0.29, 0.717) is 11.6 Å². The molecule has 4 aromatic rings. The highest BCUT2D eigenvalue weighted by molar-refractivity contribution is 7.90. The fourth-order valence-corrected chi connectivity index (χ4v) is 5.36. The second-order valence-corrected chi connectivity index (χ2v) is 10.5. The standard InChI is InChI=1S/C28H22F3N3O5S/c1-16-5-2-3-7-25(16)40(38,39)34-28(37)33-24(13-17-11-19(29)15-20(30)12-17)26-21(6-4-10-32-26)18-8-9-23(31)22(14-18)27(35)36/h2-12,14-15,24H,13H2,1H3,(H,35,36)(H2,33,34,37). The number of urea groups is 1. The minimum Gasteiger partial charge on any atom is -0.478 e. The van der Waals surface area contributed by atoms with Crippen LogP contribution in [-0.2, 0) is 16.4 Å². The first-order chi connectivity index (χ1) is 18.9. The summed E-state index contributed by atoms with van der Waals surface area (Å²) in [6.45, 7) is 1.56. The summed E-state index contributed by atoms with van der Waals surface area (Å²) in [6.07, 6.45) is 1.13. The van der Waals surface area contributed by atoms with E-state index in [0.717, 1.165) is 24.3 Å². The van der Waals surface area contributed by atoms with Crippen molar-refractivity contribution in [3.8, 4) is 11.1 Å². The van der Waals surface area contributed by atoms with Crippen LogP contribution in [0.4, 0.5) is 18.0 Å². The monoisotopic (exact) mass is 569 g/mol. The van der Waals surface area contributed by atoms with E-state index < -0.39 is 51.1 Å². The zero-order chi connectivity index (χ0) is 29.0. The topological polar surface area (TPSA) is 125 Å². The van der Waals surface area contributed by atoms with E-state index in [1.165, 1.54) is 36.5 Å². The van der Waals surface area contributed by atoms with Crippen LogP contribution >= 0.6 is 0 Å². The molecule has 206 valence electrons. The molecule has 1 aromatic heterocycles. The Morgan fingerprint density at radius 3 is 2.33 bits per heavy atom. The molecule has 0 saturated heterocycles. The number of nitrogens with zero attached hydrogens (tertiary/aromatic N) is 1. The highest BCUT2D eigenvalue weighted by Gasteiger charge is 2.25. The largest absolute Gasteiger partial charge is 0.478 e. The number of benzene rings is 3. The molecular formula is C28H22F3N3O5S. The van der Waals surface area contributed by atoms with Crippen molar-refractivity contribution in [3.05, 3.63) is 119 Å². The number of carbonyl (C=O) groups is 2. The molecule has 3 aromatic carbocycles. The maximum atomic E-state index is 14.1. The minimum atomic E-state index is -4.30. The van der Waals surface area contributed by atoms with Gasteiger partial charge in [0.25, 0.3) is 10.0 Å². The Kier molecular flexibility index (Phi) is 8.19. The smallest absolute Gasteiger partial charge is 0.338 e. The predicted octanol–water partition coefficient (Wildman–Crippen LogP) is 5.14. The van der Waals surface area contributed by atoms with Crippen molar-refractivity contribution in [2.24, 2.45) is 0 Å². The highest BCUT2D eigenvalue weighted by atomic mass is 32.2. The van der Waals surface area contributed by atoms with Gasteiger partial charge in [-0.25, -0.2) is 35.9 Å². The second kappa shape index (κ2) is 11.6. The minimum absolute atomic E-state index is 0.110. The fourth-order valence-electron chi connectivity index (χ4n) is 4.20. The molecule has 1 unspecified atom stereocenters. The average molecular weight is 570 g/mol. The number of amides is 2. The Labute approximate surface area is 227 Å². The molecular weight excluding hydrogens is 547 g/mol. The Morgan fingerprint density at radius 2 is 1.65 bits per heavy atom. The van der Waals surface area contributed by atoms with Crippen LogP contribution in [0.15, 0.2) is 83.9 Å². The summed E-state index contributed by atoms with van der Waals surface area (Å²) < 4.78 is 69.7. The van der Waals surface area contributed by atoms with Crippen LogP contribution in [0.1, 0.15) is 33.2 Å². The molecule has 0 aliphatic carbocycles. The van der Waals surface area contributed by atoms with E-state index in [-0.39, 0.29) is 33.7 Å². The molecule has 1 atom stereocenters. The number of carbonyl (C=O) groups excluding carboxylic acids is 1.